The molecular formula is C19H12ClN3OS. The van der Waals surface area contributed by atoms with E-state index < -0.39 is 0 Å². The van der Waals surface area contributed by atoms with E-state index in [1.54, 1.807) is 18.2 Å². The van der Waals surface area contributed by atoms with E-state index in [2.05, 4.69) is 10.1 Å². The number of nitrogens with zero attached hydrogens (tertiary/aromatic N) is 3. The monoisotopic (exact) mass is 365 g/mol. The number of thiazole rings is 1. The van der Waals surface area contributed by atoms with Crippen LogP contribution in [0.3, 0.4) is 0 Å². The third kappa shape index (κ3) is 3.24. The fourth-order valence-electron chi connectivity index (χ4n) is 2.41. The fraction of sp³-hybridized carbons (Fsp3) is 0. The third-order valence-corrected chi connectivity index (χ3v) is 4.81. The molecule has 0 radical (unpaired) electrons. The molecule has 0 saturated heterocycles. The standard InChI is InChI=1S/C19H12ClN3OS/c20-15-10-5-9-14(12-15)17-21-19-23(22-17)18(24)16(25-19)11-4-8-13-6-2-1-3-7-13/h1-12H/b8-4+,16-11-. The summed E-state index contributed by atoms with van der Waals surface area (Å²) in [6.07, 6.45) is 5.60. The van der Waals surface area contributed by atoms with Crippen LogP contribution < -0.4 is 10.1 Å². The van der Waals surface area contributed by atoms with Crippen LogP contribution in [0.15, 0.2) is 65.5 Å². The van der Waals surface area contributed by atoms with Crippen molar-refractivity contribution in [1.29, 1.82) is 0 Å². The van der Waals surface area contributed by atoms with Gasteiger partial charge in [-0.1, -0.05) is 77.6 Å². The largest absolute Gasteiger partial charge is 0.291 e. The molecule has 4 nitrogen and oxygen atoms in total. The van der Waals surface area contributed by atoms with Crippen molar-refractivity contribution in [3.63, 3.8) is 0 Å². The Morgan fingerprint density at radius 2 is 1.92 bits per heavy atom. The van der Waals surface area contributed by atoms with Gasteiger partial charge in [0, 0.05) is 10.6 Å². The van der Waals surface area contributed by atoms with Crippen LogP contribution in [0.25, 0.3) is 28.5 Å². The number of aromatic nitrogens is 3. The second kappa shape index (κ2) is 6.63. The van der Waals surface area contributed by atoms with Crippen LogP contribution in [0.2, 0.25) is 5.02 Å². The number of allylic oxidation sites excluding steroid dienone is 1. The summed E-state index contributed by atoms with van der Waals surface area (Å²) in [5, 5.41) is 4.92. The summed E-state index contributed by atoms with van der Waals surface area (Å²) in [5.74, 6) is 0.497. The molecule has 0 unspecified atom stereocenters. The van der Waals surface area contributed by atoms with Crippen molar-refractivity contribution >= 4 is 40.1 Å². The number of rotatable bonds is 3. The smallest absolute Gasteiger partial charge is 0.266 e. The predicted octanol–water partition coefficient (Wildman–Crippen LogP) is 3.68. The lowest BCUT2D eigenvalue weighted by Gasteiger charge is -1.94. The summed E-state index contributed by atoms with van der Waals surface area (Å²) in [5.41, 5.74) is 1.70. The fourth-order valence-corrected chi connectivity index (χ4v) is 3.46. The van der Waals surface area contributed by atoms with E-state index in [4.69, 9.17) is 11.6 Å². The van der Waals surface area contributed by atoms with E-state index in [9.17, 15) is 4.79 Å². The molecule has 2 aromatic carbocycles. The van der Waals surface area contributed by atoms with Gasteiger partial charge in [-0.05, 0) is 23.8 Å². The Labute approximate surface area is 152 Å². The van der Waals surface area contributed by atoms with Crippen molar-refractivity contribution in [3.05, 3.63) is 86.1 Å². The first-order valence-corrected chi connectivity index (χ1v) is 8.79. The van der Waals surface area contributed by atoms with Crippen molar-refractivity contribution in [3.8, 4) is 11.4 Å². The van der Waals surface area contributed by atoms with E-state index in [0.29, 0.717) is 20.3 Å². The summed E-state index contributed by atoms with van der Waals surface area (Å²) >= 11 is 7.31. The Morgan fingerprint density at radius 3 is 2.68 bits per heavy atom. The topological polar surface area (TPSA) is 47.3 Å². The maximum atomic E-state index is 12.5. The molecule has 6 heteroatoms. The highest BCUT2D eigenvalue weighted by Gasteiger charge is 2.11. The molecule has 122 valence electrons. The van der Waals surface area contributed by atoms with Gasteiger partial charge in [0.2, 0.25) is 4.96 Å². The Kier molecular flexibility index (Phi) is 4.17. The minimum Gasteiger partial charge on any atom is -0.266 e. The van der Waals surface area contributed by atoms with Crippen LogP contribution in [-0.2, 0) is 0 Å². The Hall–Kier alpha value is -2.76. The highest BCUT2D eigenvalue weighted by atomic mass is 35.5. The van der Waals surface area contributed by atoms with Crippen LogP contribution >= 0.6 is 22.9 Å². The SMILES string of the molecule is O=c1/c(=C/C=C/c2ccccc2)sc2nc(-c3cccc(Cl)c3)nn12. The predicted molar refractivity (Wildman–Crippen MR) is 103 cm³/mol. The van der Waals surface area contributed by atoms with Gasteiger partial charge in [-0.25, -0.2) is 0 Å². The normalized spacial score (nSPS) is 12.4. The first kappa shape index (κ1) is 15.7. The van der Waals surface area contributed by atoms with Crippen molar-refractivity contribution in [2.45, 2.75) is 0 Å². The van der Waals surface area contributed by atoms with Crippen LogP contribution in [0.5, 0.6) is 0 Å². The van der Waals surface area contributed by atoms with E-state index in [-0.39, 0.29) is 5.56 Å². The Morgan fingerprint density at radius 1 is 1.08 bits per heavy atom. The van der Waals surface area contributed by atoms with Gasteiger partial charge in [-0.3, -0.25) is 4.79 Å². The molecule has 0 fully saturated rings. The number of benzene rings is 2. The minimum atomic E-state index is -0.168. The molecule has 4 aromatic rings. The maximum absolute atomic E-state index is 12.5. The average molecular weight is 366 g/mol. The van der Waals surface area contributed by atoms with Gasteiger partial charge >= 0.3 is 0 Å². The van der Waals surface area contributed by atoms with Crippen molar-refractivity contribution in [2.24, 2.45) is 0 Å². The maximum Gasteiger partial charge on any atom is 0.291 e. The van der Waals surface area contributed by atoms with Crippen LogP contribution in [0, 0.1) is 0 Å². The van der Waals surface area contributed by atoms with Crippen LogP contribution in [-0.4, -0.2) is 14.6 Å². The first-order valence-electron chi connectivity index (χ1n) is 7.60. The Balaban J connectivity index is 1.70. The van der Waals surface area contributed by atoms with Crippen molar-refractivity contribution < 1.29 is 0 Å². The number of fused-ring (bicyclic) bond motifs is 1. The second-order valence-corrected chi connectivity index (χ2v) is 6.79. The molecule has 2 aromatic heterocycles. The van der Waals surface area contributed by atoms with E-state index >= 15 is 0 Å². The van der Waals surface area contributed by atoms with Gasteiger partial charge in [0.15, 0.2) is 5.82 Å². The highest BCUT2D eigenvalue weighted by Crippen LogP contribution is 2.20. The molecule has 25 heavy (non-hydrogen) atoms. The zero-order valence-corrected chi connectivity index (χ0v) is 14.5. The van der Waals surface area contributed by atoms with Crippen LogP contribution in [0.1, 0.15) is 5.56 Å². The lowest BCUT2D eigenvalue weighted by molar-refractivity contribution is 0.937. The van der Waals surface area contributed by atoms with Crippen LogP contribution in [0.4, 0.5) is 0 Å². The molecule has 0 aliphatic rings. The van der Waals surface area contributed by atoms with E-state index in [1.807, 2.05) is 54.6 Å². The molecule has 4 rings (SSSR count). The molecule has 2 heterocycles. The zero-order valence-electron chi connectivity index (χ0n) is 13.0. The number of hydrogen-bond acceptors (Lipinski definition) is 4. The molecule has 0 amide bonds. The molecule has 0 aliphatic heterocycles. The third-order valence-electron chi connectivity index (χ3n) is 3.60. The van der Waals surface area contributed by atoms with Gasteiger partial charge in [-0.15, -0.1) is 5.10 Å². The summed E-state index contributed by atoms with van der Waals surface area (Å²) < 4.78 is 1.93. The van der Waals surface area contributed by atoms with E-state index in [0.717, 1.165) is 11.1 Å². The summed E-state index contributed by atoms with van der Waals surface area (Å²) in [4.78, 5) is 17.5. The van der Waals surface area contributed by atoms with Gasteiger partial charge < -0.3 is 0 Å². The minimum absolute atomic E-state index is 0.168. The summed E-state index contributed by atoms with van der Waals surface area (Å²) in [6, 6.07) is 17.2. The lowest BCUT2D eigenvalue weighted by Crippen LogP contribution is -2.23. The van der Waals surface area contributed by atoms with E-state index in [1.165, 1.54) is 15.9 Å². The van der Waals surface area contributed by atoms with Gasteiger partial charge in [0.25, 0.3) is 5.56 Å². The highest BCUT2D eigenvalue weighted by molar-refractivity contribution is 7.15. The van der Waals surface area contributed by atoms with Gasteiger partial charge in [-0.2, -0.15) is 9.50 Å². The zero-order chi connectivity index (χ0) is 17.2. The molecule has 0 bridgehead atoms. The number of hydrogen-bond donors (Lipinski definition) is 0. The molecular weight excluding hydrogens is 354 g/mol. The summed E-state index contributed by atoms with van der Waals surface area (Å²) in [6.45, 7) is 0. The first-order chi connectivity index (χ1) is 12.2. The van der Waals surface area contributed by atoms with Gasteiger partial charge in [0.05, 0.1) is 4.53 Å². The molecule has 0 atom stereocenters. The number of halogens is 1. The quantitative estimate of drug-likeness (QED) is 0.556. The van der Waals surface area contributed by atoms with Crippen molar-refractivity contribution in [1.82, 2.24) is 14.6 Å². The molecule has 0 aliphatic carbocycles. The summed E-state index contributed by atoms with van der Waals surface area (Å²) in [7, 11) is 0. The van der Waals surface area contributed by atoms with Crippen molar-refractivity contribution in [2.75, 3.05) is 0 Å². The Bertz CT molecular complexity index is 1180. The molecule has 0 N–H and O–H groups in total. The molecule has 0 saturated carbocycles. The lowest BCUT2D eigenvalue weighted by atomic mass is 10.2. The van der Waals surface area contributed by atoms with Gasteiger partial charge in [0.1, 0.15) is 0 Å². The molecule has 0 spiro atoms. The second-order valence-electron chi connectivity index (χ2n) is 5.35. The average Bonchev–Trinajstić information content (AvgIpc) is 3.16.